The van der Waals surface area contributed by atoms with E-state index >= 15 is 0 Å². The molecule has 0 fully saturated rings. The van der Waals surface area contributed by atoms with E-state index in [9.17, 15) is 23.2 Å². The van der Waals surface area contributed by atoms with Crippen LogP contribution < -0.4 is 16.2 Å². The maximum Gasteiger partial charge on any atom is 0.257 e. The van der Waals surface area contributed by atoms with E-state index < -0.39 is 34.9 Å². The average molecular weight is 380 g/mol. The minimum atomic E-state index is -1.17. The van der Waals surface area contributed by atoms with Crippen LogP contribution in [0.3, 0.4) is 0 Å². The molecule has 0 unspecified atom stereocenters. The van der Waals surface area contributed by atoms with Crippen molar-refractivity contribution in [2.75, 3.05) is 16.4 Å². The lowest BCUT2D eigenvalue weighted by Crippen LogP contribution is -2.36. The van der Waals surface area contributed by atoms with Gasteiger partial charge in [-0.3, -0.25) is 14.4 Å². The predicted molar refractivity (Wildman–Crippen MR) is 92.2 cm³/mol. The molecule has 1 aromatic carbocycles. The number of amides is 2. The van der Waals surface area contributed by atoms with Gasteiger partial charge in [-0.15, -0.1) is 0 Å². The Balaban J connectivity index is 1.96. The van der Waals surface area contributed by atoms with Crippen LogP contribution in [0, 0.1) is 11.6 Å². The van der Waals surface area contributed by atoms with Gasteiger partial charge >= 0.3 is 0 Å². The monoisotopic (exact) mass is 380 g/mol. The van der Waals surface area contributed by atoms with Gasteiger partial charge in [-0.2, -0.15) is 0 Å². The molecule has 1 aliphatic heterocycles. The molecule has 0 aliphatic carbocycles. The fourth-order valence-electron chi connectivity index (χ4n) is 2.59. The standard InChI is InChI=1S/C16H14F2N4O3S/c1-2-26-16-21-13-12(15(25)22-16)8(6-11(23)20-13)14(24)19-10-5-7(17)3-4-9(10)18/h3-5,8H,2,6H2,1H3,(H,19,24)(H2,20,21,22,23,25)/t8-/m0/s1. The van der Waals surface area contributed by atoms with Crippen LogP contribution in [0.2, 0.25) is 0 Å². The number of nitrogens with zero attached hydrogens (tertiary/aromatic N) is 1. The number of carbonyl (C=O) groups excluding carboxylic acids is 2. The van der Waals surface area contributed by atoms with Crippen molar-refractivity contribution >= 4 is 35.1 Å². The Morgan fingerprint density at radius 3 is 2.88 bits per heavy atom. The zero-order valence-electron chi connectivity index (χ0n) is 13.6. The van der Waals surface area contributed by atoms with Crippen LogP contribution in [-0.2, 0) is 9.59 Å². The zero-order chi connectivity index (χ0) is 18.8. The van der Waals surface area contributed by atoms with Crippen LogP contribution in [0.25, 0.3) is 0 Å². The molecule has 26 heavy (non-hydrogen) atoms. The summed E-state index contributed by atoms with van der Waals surface area (Å²) in [5.74, 6) is -3.37. The summed E-state index contributed by atoms with van der Waals surface area (Å²) in [6.45, 7) is 1.87. The third-order valence-corrected chi connectivity index (χ3v) is 4.47. The van der Waals surface area contributed by atoms with Gasteiger partial charge in [0.15, 0.2) is 5.16 Å². The predicted octanol–water partition coefficient (Wildman–Crippen LogP) is 2.22. The lowest BCUT2D eigenvalue weighted by molar-refractivity contribution is -0.123. The fraction of sp³-hybridized carbons (Fsp3) is 0.250. The van der Waals surface area contributed by atoms with Gasteiger partial charge in [0, 0.05) is 12.5 Å². The van der Waals surface area contributed by atoms with E-state index in [0.29, 0.717) is 10.9 Å². The number of fused-ring (bicyclic) bond motifs is 1. The number of aromatic amines is 1. The smallest absolute Gasteiger partial charge is 0.257 e. The molecule has 0 saturated carbocycles. The van der Waals surface area contributed by atoms with Gasteiger partial charge in [0.05, 0.1) is 17.2 Å². The van der Waals surface area contributed by atoms with Gasteiger partial charge in [-0.25, -0.2) is 13.8 Å². The minimum absolute atomic E-state index is 0.000754. The SMILES string of the molecule is CCSc1nc2c(c(=O)[nH]1)[C@@H](C(=O)Nc1cc(F)ccc1F)CC(=O)N2. The van der Waals surface area contributed by atoms with E-state index in [1.807, 2.05) is 6.92 Å². The van der Waals surface area contributed by atoms with Crippen LogP contribution in [-0.4, -0.2) is 27.5 Å². The molecule has 2 amide bonds. The summed E-state index contributed by atoms with van der Waals surface area (Å²) in [6.07, 6.45) is -0.305. The summed E-state index contributed by atoms with van der Waals surface area (Å²) in [6, 6.07) is 2.60. The Hall–Kier alpha value is -2.75. The first-order valence-electron chi connectivity index (χ1n) is 7.71. The Bertz CT molecular complexity index is 948. The molecule has 0 bridgehead atoms. The highest BCUT2D eigenvalue weighted by atomic mass is 32.2. The molecule has 1 aliphatic rings. The number of hydrogen-bond donors (Lipinski definition) is 3. The quantitative estimate of drug-likeness (QED) is 0.557. The molecule has 1 aromatic heterocycles. The van der Waals surface area contributed by atoms with E-state index in [1.165, 1.54) is 11.8 Å². The number of thioether (sulfide) groups is 1. The van der Waals surface area contributed by atoms with Crippen molar-refractivity contribution in [2.45, 2.75) is 24.4 Å². The molecule has 2 aromatic rings. The molecule has 7 nitrogen and oxygen atoms in total. The number of rotatable bonds is 4. The summed E-state index contributed by atoms with van der Waals surface area (Å²) in [5, 5.41) is 5.01. The maximum atomic E-state index is 13.7. The lowest BCUT2D eigenvalue weighted by atomic mass is 9.92. The summed E-state index contributed by atoms with van der Waals surface area (Å²) < 4.78 is 27.0. The number of carbonyl (C=O) groups is 2. The molecule has 2 heterocycles. The van der Waals surface area contributed by atoms with Crippen LogP contribution in [0.15, 0.2) is 28.2 Å². The van der Waals surface area contributed by atoms with Gasteiger partial charge < -0.3 is 15.6 Å². The highest BCUT2D eigenvalue weighted by Gasteiger charge is 2.35. The molecular formula is C16H14F2N4O3S. The zero-order valence-corrected chi connectivity index (χ0v) is 14.4. The van der Waals surface area contributed by atoms with Crippen molar-refractivity contribution < 1.29 is 18.4 Å². The normalized spacial score (nSPS) is 16.0. The molecule has 1 atom stereocenters. The lowest BCUT2D eigenvalue weighted by Gasteiger charge is -2.23. The van der Waals surface area contributed by atoms with Crippen molar-refractivity contribution in [3.8, 4) is 0 Å². The number of benzene rings is 1. The molecule has 0 radical (unpaired) electrons. The highest BCUT2D eigenvalue weighted by Crippen LogP contribution is 2.30. The summed E-state index contributed by atoms with van der Waals surface area (Å²) in [7, 11) is 0. The number of aromatic nitrogens is 2. The number of hydrogen-bond acceptors (Lipinski definition) is 5. The van der Waals surface area contributed by atoms with E-state index in [-0.39, 0.29) is 23.5 Å². The first-order chi connectivity index (χ1) is 12.4. The average Bonchev–Trinajstić information content (AvgIpc) is 2.57. The van der Waals surface area contributed by atoms with Crippen molar-refractivity contribution in [3.63, 3.8) is 0 Å². The molecule has 0 saturated heterocycles. The van der Waals surface area contributed by atoms with Crippen molar-refractivity contribution in [2.24, 2.45) is 0 Å². The second kappa shape index (κ2) is 7.24. The second-order valence-electron chi connectivity index (χ2n) is 5.48. The van der Waals surface area contributed by atoms with Gasteiger partial charge in [0.2, 0.25) is 11.8 Å². The third-order valence-electron chi connectivity index (χ3n) is 3.71. The molecular weight excluding hydrogens is 366 g/mol. The topological polar surface area (TPSA) is 104 Å². The van der Waals surface area contributed by atoms with Crippen molar-refractivity contribution in [1.82, 2.24) is 9.97 Å². The van der Waals surface area contributed by atoms with E-state index in [0.717, 1.165) is 18.2 Å². The number of anilines is 2. The van der Waals surface area contributed by atoms with Gasteiger partial charge in [0.25, 0.3) is 5.56 Å². The molecule has 10 heteroatoms. The summed E-state index contributed by atoms with van der Waals surface area (Å²) in [4.78, 5) is 43.5. The Morgan fingerprint density at radius 1 is 1.38 bits per heavy atom. The Kier molecular flexibility index (Phi) is 5.03. The van der Waals surface area contributed by atoms with Gasteiger partial charge in [-0.05, 0) is 17.9 Å². The number of halogens is 2. The third kappa shape index (κ3) is 3.59. The van der Waals surface area contributed by atoms with Crippen LogP contribution in [0.4, 0.5) is 20.3 Å². The molecule has 3 N–H and O–H groups in total. The van der Waals surface area contributed by atoms with Crippen LogP contribution in [0.5, 0.6) is 0 Å². The van der Waals surface area contributed by atoms with Gasteiger partial charge in [0.1, 0.15) is 17.5 Å². The fourth-order valence-corrected chi connectivity index (χ4v) is 3.19. The number of H-pyrrole nitrogens is 1. The largest absolute Gasteiger partial charge is 0.323 e. The molecule has 3 rings (SSSR count). The van der Waals surface area contributed by atoms with E-state index in [4.69, 9.17) is 0 Å². The molecule has 136 valence electrons. The summed E-state index contributed by atoms with van der Waals surface area (Å²) in [5.41, 5.74) is -0.949. The van der Waals surface area contributed by atoms with Crippen molar-refractivity contribution in [1.29, 1.82) is 0 Å². The second-order valence-corrected chi connectivity index (χ2v) is 6.74. The van der Waals surface area contributed by atoms with Crippen molar-refractivity contribution in [3.05, 3.63) is 45.8 Å². The summed E-state index contributed by atoms with van der Waals surface area (Å²) >= 11 is 1.27. The first kappa shape index (κ1) is 18.1. The van der Waals surface area contributed by atoms with Crippen LogP contribution >= 0.6 is 11.8 Å². The number of nitrogens with one attached hydrogen (secondary N) is 3. The highest BCUT2D eigenvalue weighted by molar-refractivity contribution is 7.99. The van der Waals surface area contributed by atoms with Gasteiger partial charge in [-0.1, -0.05) is 18.7 Å². The first-order valence-corrected chi connectivity index (χ1v) is 8.70. The Morgan fingerprint density at radius 2 is 2.15 bits per heavy atom. The van der Waals surface area contributed by atoms with E-state index in [1.54, 1.807) is 0 Å². The molecule has 0 spiro atoms. The van der Waals surface area contributed by atoms with E-state index in [2.05, 4.69) is 20.6 Å². The minimum Gasteiger partial charge on any atom is -0.323 e. The Labute approximate surface area is 150 Å². The maximum absolute atomic E-state index is 13.7. The van der Waals surface area contributed by atoms with Crippen LogP contribution in [0.1, 0.15) is 24.8 Å².